The van der Waals surface area contributed by atoms with Crippen molar-refractivity contribution in [2.75, 3.05) is 25.1 Å². The Hall–Kier alpha value is -2.00. The molecule has 0 saturated carbocycles. The summed E-state index contributed by atoms with van der Waals surface area (Å²) in [6, 6.07) is 0. The third kappa shape index (κ3) is 3.52. The average Bonchev–Trinajstić information content (AvgIpc) is 2.69. The Morgan fingerprint density at radius 3 is 2.60 bits per heavy atom. The van der Waals surface area contributed by atoms with Crippen molar-refractivity contribution in [2.45, 2.75) is 20.3 Å². The molecule has 1 rings (SSSR count). The van der Waals surface area contributed by atoms with Crippen molar-refractivity contribution in [3.8, 4) is 12.3 Å². The summed E-state index contributed by atoms with van der Waals surface area (Å²) >= 11 is 1.42. The van der Waals surface area contributed by atoms with Gasteiger partial charge in [0, 0.05) is 11.4 Å². The molecule has 1 aromatic heterocycles. The van der Waals surface area contributed by atoms with E-state index in [0.717, 1.165) is 10.4 Å². The molecule has 0 amide bonds. The summed E-state index contributed by atoms with van der Waals surface area (Å²) in [6.45, 7) is 4.24. The van der Waals surface area contributed by atoms with E-state index in [4.69, 9.17) is 16.3 Å². The van der Waals surface area contributed by atoms with Crippen LogP contribution in [-0.2, 0) is 9.53 Å². The number of methoxy groups -OCH3 is 1. The number of carboxylic acid groups (broad SMARTS) is 1. The monoisotopic (exact) mass is 295 g/mol. The van der Waals surface area contributed by atoms with Crippen LogP contribution < -0.4 is 4.90 Å². The van der Waals surface area contributed by atoms with Gasteiger partial charge in [0.2, 0.25) is 0 Å². The Morgan fingerprint density at radius 2 is 2.10 bits per heavy atom. The number of nitrogens with zero attached hydrogens (tertiary/aromatic N) is 1. The lowest BCUT2D eigenvalue weighted by Gasteiger charge is -2.21. The highest BCUT2D eigenvalue weighted by molar-refractivity contribution is 7.16. The van der Waals surface area contributed by atoms with Gasteiger partial charge < -0.3 is 14.7 Å². The van der Waals surface area contributed by atoms with Gasteiger partial charge in [-0.2, -0.15) is 0 Å². The number of carbonyl (C=O) groups excluding carboxylic acids is 1. The second-order valence-electron chi connectivity index (χ2n) is 4.22. The number of hydrogen-bond acceptors (Lipinski definition) is 5. The van der Waals surface area contributed by atoms with Gasteiger partial charge in [0.15, 0.2) is 0 Å². The number of carbonyl (C=O) groups is 2. The number of anilines is 1. The first-order valence-electron chi connectivity index (χ1n) is 6.00. The van der Waals surface area contributed by atoms with Gasteiger partial charge in [-0.3, -0.25) is 4.79 Å². The van der Waals surface area contributed by atoms with E-state index in [1.165, 1.54) is 18.4 Å². The normalized spacial score (nSPS) is 9.90. The lowest BCUT2D eigenvalue weighted by Crippen LogP contribution is -2.27. The fourth-order valence-electron chi connectivity index (χ4n) is 1.77. The molecule has 0 unspecified atom stereocenters. The molecule has 0 aliphatic carbocycles. The van der Waals surface area contributed by atoms with Crippen LogP contribution in [-0.4, -0.2) is 37.2 Å². The van der Waals surface area contributed by atoms with E-state index in [0.29, 0.717) is 10.6 Å². The molecular formula is C14H17NO4S. The van der Waals surface area contributed by atoms with Gasteiger partial charge in [0.05, 0.1) is 25.6 Å². The summed E-state index contributed by atoms with van der Waals surface area (Å²) in [5.41, 5.74) is 1.31. The van der Waals surface area contributed by atoms with E-state index >= 15 is 0 Å². The van der Waals surface area contributed by atoms with Gasteiger partial charge in [0.25, 0.3) is 0 Å². The maximum atomic E-state index is 11.9. The smallest absolute Gasteiger partial charge is 0.341 e. The van der Waals surface area contributed by atoms with Crippen molar-refractivity contribution in [2.24, 2.45) is 0 Å². The molecule has 1 heterocycles. The maximum Gasteiger partial charge on any atom is 0.341 e. The Bertz CT molecular complexity index is 556. The van der Waals surface area contributed by atoms with Crippen LogP contribution in [0.5, 0.6) is 0 Å². The maximum absolute atomic E-state index is 11.9. The zero-order valence-electron chi connectivity index (χ0n) is 11.7. The second-order valence-corrected chi connectivity index (χ2v) is 5.43. The van der Waals surface area contributed by atoms with E-state index < -0.39 is 11.9 Å². The van der Waals surface area contributed by atoms with Crippen LogP contribution in [0.1, 0.15) is 27.2 Å². The first-order chi connectivity index (χ1) is 9.42. The summed E-state index contributed by atoms with van der Waals surface area (Å²) in [5, 5.41) is 9.47. The van der Waals surface area contributed by atoms with Crippen molar-refractivity contribution in [3.63, 3.8) is 0 Å². The summed E-state index contributed by atoms with van der Waals surface area (Å²) in [7, 11) is 1.32. The van der Waals surface area contributed by atoms with E-state index in [1.807, 2.05) is 13.8 Å². The standard InChI is InChI=1S/C14H17NO4S/c1-5-7-15(8-6-11(16)17)13-12(14(18)19-4)9(2)10(3)20-13/h1H,6-8H2,2-4H3,(H,16,17). The van der Waals surface area contributed by atoms with Crippen LogP contribution in [0.4, 0.5) is 5.00 Å². The number of aryl methyl sites for hydroxylation is 1. The molecule has 0 radical (unpaired) electrons. The van der Waals surface area contributed by atoms with Crippen LogP contribution in [0, 0.1) is 26.2 Å². The molecule has 20 heavy (non-hydrogen) atoms. The van der Waals surface area contributed by atoms with Crippen molar-refractivity contribution >= 4 is 28.3 Å². The fourth-order valence-corrected chi connectivity index (χ4v) is 2.94. The van der Waals surface area contributed by atoms with E-state index in [9.17, 15) is 9.59 Å². The first kappa shape index (κ1) is 16.1. The molecule has 0 bridgehead atoms. The molecule has 0 atom stereocenters. The zero-order valence-corrected chi connectivity index (χ0v) is 12.5. The average molecular weight is 295 g/mol. The molecule has 5 nitrogen and oxygen atoms in total. The molecule has 1 N–H and O–H groups in total. The zero-order chi connectivity index (χ0) is 15.3. The minimum absolute atomic E-state index is 0.0434. The second kappa shape index (κ2) is 6.96. The number of ether oxygens (including phenoxy) is 1. The molecular weight excluding hydrogens is 278 g/mol. The fraction of sp³-hybridized carbons (Fsp3) is 0.429. The molecule has 0 saturated heterocycles. The Kier molecular flexibility index (Phi) is 5.59. The number of esters is 1. The third-order valence-electron chi connectivity index (χ3n) is 2.92. The van der Waals surface area contributed by atoms with Gasteiger partial charge >= 0.3 is 11.9 Å². The Morgan fingerprint density at radius 1 is 1.45 bits per heavy atom. The van der Waals surface area contributed by atoms with Crippen LogP contribution >= 0.6 is 11.3 Å². The van der Waals surface area contributed by atoms with Gasteiger partial charge in [-0.1, -0.05) is 5.92 Å². The first-order valence-corrected chi connectivity index (χ1v) is 6.82. The lowest BCUT2D eigenvalue weighted by atomic mass is 10.1. The molecule has 0 aliphatic rings. The number of hydrogen-bond donors (Lipinski definition) is 1. The van der Waals surface area contributed by atoms with Crippen LogP contribution in [0.3, 0.4) is 0 Å². The molecule has 6 heteroatoms. The Labute approximate surface area is 122 Å². The number of carboxylic acids is 1. The third-order valence-corrected chi connectivity index (χ3v) is 4.19. The molecule has 0 aromatic carbocycles. The lowest BCUT2D eigenvalue weighted by molar-refractivity contribution is -0.136. The van der Waals surface area contributed by atoms with Gasteiger partial charge in [-0.15, -0.1) is 17.8 Å². The molecule has 0 spiro atoms. The van der Waals surface area contributed by atoms with E-state index in [-0.39, 0.29) is 19.5 Å². The van der Waals surface area contributed by atoms with Crippen molar-refractivity contribution in [3.05, 3.63) is 16.0 Å². The van der Waals surface area contributed by atoms with Gasteiger partial charge in [-0.05, 0) is 19.4 Å². The van der Waals surface area contributed by atoms with Crippen LogP contribution in [0.2, 0.25) is 0 Å². The van der Waals surface area contributed by atoms with Crippen LogP contribution in [0.25, 0.3) is 0 Å². The predicted octanol–water partition coefficient (Wildman–Crippen LogP) is 2.07. The Balaban J connectivity index is 3.19. The van der Waals surface area contributed by atoms with Crippen molar-refractivity contribution in [1.29, 1.82) is 0 Å². The van der Waals surface area contributed by atoms with E-state index in [2.05, 4.69) is 5.92 Å². The van der Waals surface area contributed by atoms with Crippen molar-refractivity contribution < 1.29 is 19.4 Å². The van der Waals surface area contributed by atoms with E-state index in [1.54, 1.807) is 4.90 Å². The highest BCUT2D eigenvalue weighted by Gasteiger charge is 2.24. The van der Waals surface area contributed by atoms with Gasteiger partial charge in [0.1, 0.15) is 5.00 Å². The molecule has 0 aliphatic heterocycles. The minimum Gasteiger partial charge on any atom is -0.481 e. The number of terminal acetylenes is 1. The summed E-state index contributed by atoms with van der Waals surface area (Å²) in [6.07, 6.45) is 5.28. The summed E-state index contributed by atoms with van der Waals surface area (Å²) in [4.78, 5) is 25.3. The number of aliphatic carboxylic acids is 1. The molecule has 108 valence electrons. The molecule has 1 aromatic rings. The molecule has 0 fully saturated rings. The SMILES string of the molecule is C#CCN(CCC(=O)O)c1sc(C)c(C)c1C(=O)OC. The number of thiophene rings is 1. The van der Waals surface area contributed by atoms with Gasteiger partial charge in [-0.25, -0.2) is 4.79 Å². The minimum atomic E-state index is -0.906. The highest BCUT2D eigenvalue weighted by Crippen LogP contribution is 2.35. The quantitative estimate of drug-likeness (QED) is 0.643. The summed E-state index contributed by atoms with van der Waals surface area (Å²) < 4.78 is 4.80. The predicted molar refractivity (Wildman–Crippen MR) is 78.4 cm³/mol. The largest absolute Gasteiger partial charge is 0.481 e. The number of rotatable bonds is 6. The van der Waals surface area contributed by atoms with Crippen LogP contribution in [0.15, 0.2) is 0 Å². The van der Waals surface area contributed by atoms with Crippen molar-refractivity contribution in [1.82, 2.24) is 0 Å². The highest BCUT2D eigenvalue weighted by atomic mass is 32.1. The summed E-state index contributed by atoms with van der Waals surface area (Å²) in [5.74, 6) is 1.15. The topological polar surface area (TPSA) is 66.8 Å².